The van der Waals surface area contributed by atoms with Crippen LogP contribution in [0.2, 0.25) is 0 Å². The molecule has 0 unspecified atom stereocenters. The summed E-state index contributed by atoms with van der Waals surface area (Å²) in [4.78, 5) is 13.8. The van der Waals surface area contributed by atoms with Gasteiger partial charge in [0, 0.05) is 38.9 Å². The highest BCUT2D eigenvalue weighted by atomic mass is 16.2. The van der Waals surface area contributed by atoms with Crippen LogP contribution >= 0.6 is 0 Å². The fraction of sp³-hybridized carbons (Fsp3) is 0.500. The van der Waals surface area contributed by atoms with Gasteiger partial charge in [0.05, 0.1) is 5.92 Å². The first-order chi connectivity index (χ1) is 8.77. The second-order valence-corrected chi connectivity index (χ2v) is 4.76. The van der Waals surface area contributed by atoms with Crippen molar-refractivity contribution in [2.75, 3.05) is 38.1 Å². The van der Waals surface area contributed by atoms with Gasteiger partial charge in [0.25, 0.3) is 0 Å². The zero-order valence-electron chi connectivity index (χ0n) is 10.9. The van der Waals surface area contributed by atoms with Gasteiger partial charge in [-0.3, -0.25) is 4.79 Å². The van der Waals surface area contributed by atoms with Gasteiger partial charge in [-0.2, -0.15) is 0 Å². The Kier molecular flexibility index (Phi) is 4.59. The van der Waals surface area contributed by atoms with Crippen molar-refractivity contribution in [1.29, 1.82) is 0 Å². The molecule has 1 amide bonds. The number of benzene rings is 1. The molecule has 1 aromatic carbocycles. The quantitative estimate of drug-likeness (QED) is 0.733. The molecule has 18 heavy (non-hydrogen) atoms. The Hall–Kier alpha value is -1.55. The Morgan fingerprint density at radius 3 is 2.72 bits per heavy atom. The molecule has 0 aliphatic carbocycles. The lowest BCUT2D eigenvalue weighted by Gasteiger charge is -2.26. The van der Waals surface area contributed by atoms with Gasteiger partial charge >= 0.3 is 0 Å². The molecule has 1 saturated heterocycles. The number of nitrogens with one attached hydrogen (secondary N) is 2. The topological polar surface area (TPSA) is 44.4 Å². The molecule has 0 radical (unpaired) electrons. The Morgan fingerprint density at radius 2 is 2.11 bits per heavy atom. The highest BCUT2D eigenvalue weighted by Gasteiger charge is 2.23. The van der Waals surface area contributed by atoms with Crippen LogP contribution in [0.25, 0.3) is 0 Å². The summed E-state index contributed by atoms with van der Waals surface area (Å²) in [5.41, 5.74) is 1.21. The summed E-state index contributed by atoms with van der Waals surface area (Å²) in [6.07, 6.45) is 0.970. The monoisotopic (exact) mass is 247 g/mol. The molecular formula is C14H21N3O. The minimum absolute atomic E-state index is 0.191. The van der Waals surface area contributed by atoms with Crippen molar-refractivity contribution in [1.82, 2.24) is 10.6 Å². The molecule has 98 valence electrons. The minimum atomic E-state index is 0.191. The summed E-state index contributed by atoms with van der Waals surface area (Å²) in [5, 5.41) is 6.09. The molecule has 1 fully saturated rings. The zero-order chi connectivity index (χ0) is 12.8. The second kappa shape index (κ2) is 6.40. The normalized spacial score (nSPS) is 14.9. The van der Waals surface area contributed by atoms with Gasteiger partial charge in [-0.25, -0.2) is 0 Å². The van der Waals surface area contributed by atoms with Crippen LogP contribution in [0.1, 0.15) is 6.42 Å². The average Bonchev–Trinajstić information content (AvgIpc) is 2.33. The van der Waals surface area contributed by atoms with Crippen LogP contribution in [-0.2, 0) is 4.79 Å². The van der Waals surface area contributed by atoms with E-state index in [0.29, 0.717) is 0 Å². The smallest absolute Gasteiger partial charge is 0.225 e. The number of hydrogen-bond donors (Lipinski definition) is 2. The molecule has 2 rings (SSSR count). The van der Waals surface area contributed by atoms with Crippen molar-refractivity contribution < 1.29 is 4.79 Å². The highest BCUT2D eigenvalue weighted by Crippen LogP contribution is 2.10. The highest BCUT2D eigenvalue weighted by molar-refractivity contribution is 5.79. The number of carbonyl (C=O) groups is 1. The van der Waals surface area contributed by atoms with Gasteiger partial charge in [-0.1, -0.05) is 18.2 Å². The standard InChI is InChI=1S/C14H21N3O/c1-17(13-6-3-2-4-7-13)9-5-8-16-14(18)12-10-15-11-12/h2-4,6-7,12,15H,5,8-11H2,1H3,(H,16,18). The lowest BCUT2D eigenvalue weighted by molar-refractivity contribution is -0.126. The molecule has 0 aromatic heterocycles. The first-order valence-corrected chi connectivity index (χ1v) is 6.52. The Morgan fingerprint density at radius 1 is 1.39 bits per heavy atom. The van der Waals surface area contributed by atoms with E-state index in [9.17, 15) is 4.79 Å². The summed E-state index contributed by atoms with van der Waals surface area (Å²) in [5.74, 6) is 0.382. The predicted octanol–water partition coefficient (Wildman–Crippen LogP) is 0.849. The van der Waals surface area contributed by atoms with Gasteiger partial charge in [0.2, 0.25) is 5.91 Å². The maximum atomic E-state index is 11.6. The molecule has 2 N–H and O–H groups in total. The molecule has 0 atom stereocenters. The van der Waals surface area contributed by atoms with Crippen LogP contribution in [0.15, 0.2) is 30.3 Å². The first kappa shape index (κ1) is 12.9. The van der Waals surface area contributed by atoms with E-state index in [4.69, 9.17) is 0 Å². The number of amides is 1. The predicted molar refractivity (Wildman–Crippen MR) is 73.7 cm³/mol. The van der Waals surface area contributed by atoms with Crippen LogP contribution in [0.5, 0.6) is 0 Å². The lowest BCUT2D eigenvalue weighted by atomic mass is 10.0. The number of rotatable bonds is 6. The summed E-state index contributed by atoms with van der Waals surface area (Å²) in [6.45, 7) is 3.37. The van der Waals surface area contributed by atoms with E-state index in [0.717, 1.165) is 32.6 Å². The van der Waals surface area contributed by atoms with Gasteiger partial charge in [0.1, 0.15) is 0 Å². The molecule has 1 aliphatic rings. The fourth-order valence-electron chi connectivity index (χ4n) is 1.96. The van der Waals surface area contributed by atoms with Gasteiger partial charge in [0.15, 0.2) is 0 Å². The van der Waals surface area contributed by atoms with E-state index in [1.54, 1.807) is 0 Å². The third-order valence-electron chi connectivity index (χ3n) is 3.32. The molecule has 1 aliphatic heterocycles. The van der Waals surface area contributed by atoms with Crippen molar-refractivity contribution >= 4 is 11.6 Å². The van der Waals surface area contributed by atoms with Crippen molar-refractivity contribution in [3.05, 3.63) is 30.3 Å². The molecule has 0 spiro atoms. The fourth-order valence-corrected chi connectivity index (χ4v) is 1.96. The molecule has 1 heterocycles. The van der Waals surface area contributed by atoms with Gasteiger partial charge < -0.3 is 15.5 Å². The van der Waals surface area contributed by atoms with Crippen LogP contribution in [0.4, 0.5) is 5.69 Å². The minimum Gasteiger partial charge on any atom is -0.375 e. The Balaban J connectivity index is 1.61. The molecule has 1 aromatic rings. The summed E-state index contributed by atoms with van der Waals surface area (Å²) >= 11 is 0. The number of para-hydroxylation sites is 1. The Bertz CT molecular complexity index is 376. The first-order valence-electron chi connectivity index (χ1n) is 6.52. The number of anilines is 1. The van der Waals surface area contributed by atoms with Gasteiger partial charge in [-0.15, -0.1) is 0 Å². The van der Waals surface area contributed by atoms with E-state index in [1.807, 2.05) is 18.2 Å². The zero-order valence-corrected chi connectivity index (χ0v) is 10.9. The number of hydrogen-bond acceptors (Lipinski definition) is 3. The summed E-state index contributed by atoms with van der Waals surface area (Å²) in [6, 6.07) is 10.3. The van der Waals surface area contributed by atoms with Crippen LogP contribution < -0.4 is 15.5 Å². The van der Waals surface area contributed by atoms with Crippen molar-refractivity contribution in [3.8, 4) is 0 Å². The average molecular weight is 247 g/mol. The van der Waals surface area contributed by atoms with E-state index in [-0.39, 0.29) is 11.8 Å². The van der Waals surface area contributed by atoms with E-state index in [1.165, 1.54) is 5.69 Å². The van der Waals surface area contributed by atoms with E-state index in [2.05, 4.69) is 34.7 Å². The Labute approximate surface area is 108 Å². The SMILES string of the molecule is CN(CCCNC(=O)C1CNC1)c1ccccc1. The summed E-state index contributed by atoms with van der Waals surface area (Å²) < 4.78 is 0. The molecule has 4 heteroatoms. The van der Waals surface area contributed by atoms with Crippen molar-refractivity contribution in [3.63, 3.8) is 0 Å². The maximum Gasteiger partial charge on any atom is 0.225 e. The van der Waals surface area contributed by atoms with Crippen LogP contribution in [0, 0.1) is 5.92 Å². The second-order valence-electron chi connectivity index (χ2n) is 4.76. The molecule has 0 saturated carbocycles. The van der Waals surface area contributed by atoms with E-state index >= 15 is 0 Å². The van der Waals surface area contributed by atoms with E-state index < -0.39 is 0 Å². The van der Waals surface area contributed by atoms with Crippen LogP contribution in [-0.4, -0.2) is 39.1 Å². The molecular weight excluding hydrogens is 226 g/mol. The van der Waals surface area contributed by atoms with Crippen molar-refractivity contribution in [2.24, 2.45) is 5.92 Å². The lowest BCUT2D eigenvalue weighted by Crippen LogP contribution is -2.51. The third kappa shape index (κ3) is 3.47. The largest absolute Gasteiger partial charge is 0.375 e. The number of nitrogens with zero attached hydrogens (tertiary/aromatic N) is 1. The van der Waals surface area contributed by atoms with Gasteiger partial charge in [-0.05, 0) is 18.6 Å². The van der Waals surface area contributed by atoms with Crippen molar-refractivity contribution in [2.45, 2.75) is 6.42 Å². The van der Waals surface area contributed by atoms with Crippen LogP contribution in [0.3, 0.4) is 0 Å². The third-order valence-corrected chi connectivity index (χ3v) is 3.32. The summed E-state index contributed by atoms with van der Waals surface area (Å²) in [7, 11) is 2.08. The maximum absolute atomic E-state index is 11.6. The molecule has 0 bridgehead atoms. The number of carbonyl (C=O) groups excluding carboxylic acids is 1. The molecule has 4 nitrogen and oxygen atoms in total.